The van der Waals surface area contributed by atoms with Crippen LogP contribution < -0.4 is 11.1 Å². The van der Waals surface area contributed by atoms with Crippen molar-refractivity contribution < 1.29 is 18.3 Å². The van der Waals surface area contributed by atoms with Gasteiger partial charge in [0.2, 0.25) is 0 Å². The number of likely N-dealkylation sites (tertiary alicyclic amines) is 1. The third-order valence-corrected chi connectivity index (χ3v) is 4.53. The Kier molecular flexibility index (Phi) is 5.00. The summed E-state index contributed by atoms with van der Waals surface area (Å²) in [5.41, 5.74) is 6.01. The fraction of sp³-hybridized carbons (Fsp3) is 0.250. The first-order chi connectivity index (χ1) is 11.3. The summed E-state index contributed by atoms with van der Waals surface area (Å²) in [4.78, 5) is 1.62. The fourth-order valence-corrected chi connectivity index (χ4v) is 3.02. The van der Waals surface area contributed by atoms with Crippen molar-refractivity contribution in [1.82, 2.24) is 4.90 Å². The van der Waals surface area contributed by atoms with Gasteiger partial charge in [0.15, 0.2) is 11.6 Å². The fourth-order valence-electron chi connectivity index (χ4n) is 2.57. The topological polar surface area (TPSA) is 61.5 Å². The SMILES string of the molecule is NC1CN(C(O)c2cc(F)c(F)cc2Nc2ccc(I)cc2F)C1. The summed E-state index contributed by atoms with van der Waals surface area (Å²) in [6.07, 6.45) is -1.16. The molecule has 1 unspecified atom stereocenters. The second kappa shape index (κ2) is 6.87. The van der Waals surface area contributed by atoms with Gasteiger partial charge in [0.25, 0.3) is 0 Å². The number of anilines is 2. The van der Waals surface area contributed by atoms with Crippen LogP contribution >= 0.6 is 22.6 Å². The quantitative estimate of drug-likeness (QED) is 0.629. The summed E-state index contributed by atoms with van der Waals surface area (Å²) >= 11 is 1.97. The summed E-state index contributed by atoms with van der Waals surface area (Å²) in [6, 6.07) is 6.24. The van der Waals surface area contributed by atoms with Crippen LogP contribution in [0.15, 0.2) is 30.3 Å². The Morgan fingerprint density at radius 3 is 2.38 bits per heavy atom. The highest BCUT2D eigenvalue weighted by atomic mass is 127. The van der Waals surface area contributed by atoms with Crippen LogP contribution in [0.2, 0.25) is 0 Å². The number of rotatable bonds is 4. The molecule has 0 aliphatic carbocycles. The molecule has 2 aromatic carbocycles. The van der Waals surface area contributed by atoms with E-state index >= 15 is 0 Å². The molecular formula is C16H15F3IN3O. The maximum atomic E-state index is 14.0. The molecule has 0 saturated carbocycles. The van der Waals surface area contributed by atoms with E-state index < -0.39 is 23.7 Å². The van der Waals surface area contributed by atoms with Crippen LogP contribution in [0, 0.1) is 21.0 Å². The highest BCUT2D eigenvalue weighted by Crippen LogP contribution is 2.33. The third-order valence-electron chi connectivity index (χ3n) is 3.85. The Hall–Kier alpha value is -1.36. The van der Waals surface area contributed by atoms with E-state index in [-0.39, 0.29) is 23.0 Å². The summed E-state index contributed by atoms with van der Waals surface area (Å²) < 4.78 is 42.0. The summed E-state index contributed by atoms with van der Waals surface area (Å²) in [5, 5.41) is 13.1. The van der Waals surface area contributed by atoms with Crippen molar-refractivity contribution in [2.45, 2.75) is 12.3 Å². The molecule has 128 valence electrons. The van der Waals surface area contributed by atoms with E-state index in [4.69, 9.17) is 5.73 Å². The van der Waals surface area contributed by atoms with Gasteiger partial charge in [-0.15, -0.1) is 0 Å². The number of hydrogen-bond donors (Lipinski definition) is 3. The maximum absolute atomic E-state index is 14.0. The molecule has 1 saturated heterocycles. The lowest BCUT2D eigenvalue weighted by molar-refractivity contribution is -0.0462. The highest BCUT2D eigenvalue weighted by Gasteiger charge is 2.31. The lowest BCUT2D eigenvalue weighted by Crippen LogP contribution is -2.56. The molecule has 0 amide bonds. The number of aliphatic hydroxyl groups excluding tert-OH is 1. The van der Waals surface area contributed by atoms with Gasteiger partial charge in [-0.25, -0.2) is 13.2 Å². The largest absolute Gasteiger partial charge is 0.374 e. The summed E-state index contributed by atoms with van der Waals surface area (Å²) in [5.74, 6) is -2.69. The first-order valence-corrected chi connectivity index (χ1v) is 8.31. The molecule has 4 nitrogen and oxygen atoms in total. The molecule has 1 atom stereocenters. The molecule has 1 fully saturated rings. The zero-order valence-electron chi connectivity index (χ0n) is 12.4. The predicted octanol–water partition coefficient (Wildman–Crippen LogP) is 3.09. The van der Waals surface area contributed by atoms with Gasteiger partial charge in [0.05, 0.1) is 5.69 Å². The number of aliphatic hydroxyl groups is 1. The molecule has 0 radical (unpaired) electrons. The first-order valence-electron chi connectivity index (χ1n) is 7.24. The molecule has 0 bridgehead atoms. The zero-order valence-corrected chi connectivity index (χ0v) is 14.6. The molecule has 4 N–H and O–H groups in total. The van der Waals surface area contributed by atoms with Gasteiger partial charge in [0.1, 0.15) is 12.0 Å². The molecule has 24 heavy (non-hydrogen) atoms. The van der Waals surface area contributed by atoms with Crippen LogP contribution in [0.5, 0.6) is 0 Å². The van der Waals surface area contributed by atoms with Gasteiger partial charge < -0.3 is 16.2 Å². The summed E-state index contributed by atoms with van der Waals surface area (Å²) in [6.45, 7) is 0.884. The van der Waals surface area contributed by atoms with Crippen LogP contribution in [-0.4, -0.2) is 29.1 Å². The normalized spacial score (nSPS) is 16.8. The van der Waals surface area contributed by atoms with Gasteiger partial charge in [-0.1, -0.05) is 0 Å². The minimum Gasteiger partial charge on any atom is -0.374 e. The average Bonchev–Trinajstić information content (AvgIpc) is 2.49. The Morgan fingerprint density at radius 1 is 1.08 bits per heavy atom. The molecule has 1 heterocycles. The second-order valence-electron chi connectivity index (χ2n) is 5.69. The van der Waals surface area contributed by atoms with Crippen LogP contribution in [0.25, 0.3) is 0 Å². The van der Waals surface area contributed by atoms with E-state index in [2.05, 4.69) is 5.32 Å². The van der Waals surface area contributed by atoms with E-state index in [1.807, 2.05) is 22.6 Å². The van der Waals surface area contributed by atoms with Crippen molar-refractivity contribution in [3.63, 3.8) is 0 Å². The monoisotopic (exact) mass is 449 g/mol. The van der Waals surface area contributed by atoms with Crippen molar-refractivity contribution in [3.8, 4) is 0 Å². The van der Waals surface area contributed by atoms with Crippen LogP contribution in [-0.2, 0) is 0 Å². The summed E-state index contributed by atoms with van der Waals surface area (Å²) in [7, 11) is 0. The van der Waals surface area contributed by atoms with E-state index in [1.54, 1.807) is 11.0 Å². The van der Waals surface area contributed by atoms with Gasteiger partial charge >= 0.3 is 0 Å². The zero-order chi connectivity index (χ0) is 17.4. The Labute approximate surface area is 150 Å². The Balaban J connectivity index is 1.95. The standard InChI is InChI=1S/C16H15F3IN3O/c17-11-4-10(16(24)23-6-9(21)7-23)15(5-12(11)18)22-14-2-1-8(20)3-13(14)19/h1-5,9,16,22,24H,6-7,21H2. The minimum atomic E-state index is -1.16. The number of halogens is 4. The number of hydrogen-bond acceptors (Lipinski definition) is 4. The number of benzene rings is 2. The Bertz CT molecular complexity index is 768. The lowest BCUT2D eigenvalue weighted by Gasteiger charge is -2.40. The predicted molar refractivity (Wildman–Crippen MR) is 93.3 cm³/mol. The third kappa shape index (κ3) is 3.51. The van der Waals surface area contributed by atoms with Crippen molar-refractivity contribution in [3.05, 3.63) is 56.9 Å². The highest BCUT2D eigenvalue weighted by molar-refractivity contribution is 14.1. The van der Waals surface area contributed by atoms with Crippen molar-refractivity contribution >= 4 is 34.0 Å². The van der Waals surface area contributed by atoms with Crippen molar-refractivity contribution in [1.29, 1.82) is 0 Å². The molecule has 3 rings (SSSR count). The van der Waals surface area contributed by atoms with Crippen LogP contribution in [0.1, 0.15) is 11.8 Å². The number of nitrogens with one attached hydrogen (secondary N) is 1. The van der Waals surface area contributed by atoms with Crippen molar-refractivity contribution in [2.75, 3.05) is 18.4 Å². The molecular weight excluding hydrogens is 434 g/mol. The first kappa shape index (κ1) is 17.5. The second-order valence-corrected chi connectivity index (χ2v) is 6.94. The molecule has 8 heteroatoms. The van der Waals surface area contributed by atoms with E-state index in [0.717, 1.165) is 12.1 Å². The van der Waals surface area contributed by atoms with E-state index in [9.17, 15) is 18.3 Å². The van der Waals surface area contributed by atoms with Crippen LogP contribution in [0.4, 0.5) is 24.5 Å². The molecule has 0 aromatic heterocycles. The number of nitrogens with zero attached hydrogens (tertiary/aromatic N) is 1. The smallest absolute Gasteiger partial charge is 0.160 e. The molecule has 2 aromatic rings. The van der Waals surface area contributed by atoms with Gasteiger partial charge in [-0.05, 0) is 46.9 Å². The van der Waals surface area contributed by atoms with E-state index in [0.29, 0.717) is 16.7 Å². The van der Waals surface area contributed by atoms with Gasteiger partial charge in [-0.2, -0.15) is 0 Å². The Morgan fingerprint density at radius 2 is 1.75 bits per heavy atom. The average molecular weight is 449 g/mol. The molecule has 1 aliphatic rings. The lowest BCUT2D eigenvalue weighted by atomic mass is 10.0. The van der Waals surface area contributed by atoms with Crippen LogP contribution in [0.3, 0.4) is 0 Å². The van der Waals surface area contributed by atoms with Gasteiger partial charge in [-0.3, -0.25) is 4.90 Å². The molecule has 0 spiro atoms. The number of nitrogens with two attached hydrogens (primary N) is 1. The van der Waals surface area contributed by atoms with E-state index in [1.165, 1.54) is 12.1 Å². The molecule has 1 aliphatic heterocycles. The van der Waals surface area contributed by atoms with Crippen molar-refractivity contribution in [2.24, 2.45) is 5.73 Å². The van der Waals surface area contributed by atoms with Gasteiger partial charge in [0, 0.05) is 40.0 Å². The minimum absolute atomic E-state index is 0.0602. The maximum Gasteiger partial charge on any atom is 0.160 e.